The quantitative estimate of drug-likeness (QED) is 0.895. The largest absolute Gasteiger partial charge is 0.497 e. The molecule has 2 aromatic rings. The number of amides is 2. The molecular weight excluding hydrogens is 316 g/mol. The van der Waals surface area contributed by atoms with Crippen molar-refractivity contribution in [3.05, 3.63) is 39.0 Å². The number of nitrogens with zero attached hydrogens (tertiary/aromatic N) is 2. The van der Waals surface area contributed by atoms with Crippen LogP contribution in [0.5, 0.6) is 5.75 Å². The van der Waals surface area contributed by atoms with Gasteiger partial charge in [-0.05, 0) is 48.1 Å². The predicted octanol–water partition coefficient (Wildman–Crippen LogP) is 1.99. The van der Waals surface area contributed by atoms with E-state index >= 15 is 0 Å². The van der Waals surface area contributed by atoms with E-state index in [0.29, 0.717) is 22.8 Å². The third kappa shape index (κ3) is 3.70. The third-order valence-electron chi connectivity index (χ3n) is 3.25. The molecule has 0 atom stereocenters. The standard InChI is InChI=1S/C15H20N4O3S/c1-5-16-13(20)17-15-19(14(21)18-23-15)12-7-6-10(22-4)8-11(12)9(2)3/h6-9H,5H2,1-4H3,(H,16,20)(H,18,21)/b17-15-. The molecule has 0 spiro atoms. The molecule has 0 radical (unpaired) electrons. The number of ether oxygens (including phenoxy) is 1. The van der Waals surface area contributed by atoms with Gasteiger partial charge >= 0.3 is 11.7 Å². The number of hydrogen-bond donors (Lipinski definition) is 2. The van der Waals surface area contributed by atoms with Crippen LogP contribution in [0, 0.1) is 0 Å². The van der Waals surface area contributed by atoms with Crippen molar-refractivity contribution in [1.29, 1.82) is 0 Å². The monoisotopic (exact) mass is 336 g/mol. The number of hydrogen-bond acceptors (Lipinski definition) is 4. The molecule has 0 saturated carbocycles. The summed E-state index contributed by atoms with van der Waals surface area (Å²) in [5.74, 6) is 0.885. The highest BCUT2D eigenvalue weighted by molar-refractivity contribution is 7.02. The van der Waals surface area contributed by atoms with E-state index < -0.39 is 6.03 Å². The fraction of sp³-hybridized carbons (Fsp3) is 0.400. The molecule has 0 saturated heterocycles. The Morgan fingerprint density at radius 3 is 2.83 bits per heavy atom. The number of benzene rings is 1. The molecule has 8 heteroatoms. The predicted molar refractivity (Wildman–Crippen MR) is 89.5 cm³/mol. The first-order chi connectivity index (χ1) is 11.0. The van der Waals surface area contributed by atoms with Crippen molar-refractivity contribution >= 4 is 17.6 Å². The number of nitrogens with one attached hydrogen (secondary N) is 2. The van der Waals surface area contributed by atoms with Gasteiger partial charge in [-0.1, -0.05) is 13.8 Å². The molecule has 2 rings (SSSR count). The molecule has 7 nitrogen and oxygen atoms in total. The molecule has 0 fully saturated rings. The zero-order chi connectivity index (χ0) is 17.0. The van der Waals surface area contributed by atoms with E-state index in [1.807, 2.05) is 19.9 Å². The molecule has 1 aromatic heterocycles. The van der Waals surface area contributed by atoms with Gasteiger partial charge in [-0.15, -0.1) is 0 Å². The Morgan fingerprint density at radius 1 is 1.48 bits per heavy atom. The summed E-state index contributed by atoms with van der Waals surface area (Å²) in [7, 11) is 1.60. The normalized spacial score (nSPS) is 11.8. The van der Waals surface area contributed by atoms with E-state index in [2.05, 4.69) is 14.7 Å². The molecule has 2 N–H and O–H groups in total. The molecule has 0 aliphatic heterocycles. The molecule has 1 aromatic carbocycles. The van der Waals surface area contributed by atoms with Crippen LogP contribution in [0.2, 0.25) is 0 Å². The van der Waals surface area contributed by atoms with Crippen LogP contribution in [-0.4, -0.2) is 28.6 Å². The number of urea groups is 1. The Kier molecular flexibility index (Phi) is 5.38. The summed E-state index contributed by atoms with van der Waals surface area (Å²) in [4.78, 5) is 28.2. The van der Waals surface area contributed by atoms with E-state index in [9.17, 15) is 9.59 Å². The maximum absolute atomic E-state index is 12.2. The van der Waals surface area contributed by atoms with Gasteiger partial charge in [0.05, 0.1) is 12.8 Å². The van der Waals surface area contributed by atoms with Crippen molar-refractivity contribution in [2.45, 2.75) is 26.7 Å². The van der Waals surface area contributed by atoms with Crippen LogP contribution in [0.15, 0.2) is 28.0 Å². The molecule has 124 valence electrons. The maximum Gasteiger partial charge on any atom is 0.343 e. The SMILES string of the molecule is CCNC(=O)/N=c1\s[nH]c(=O)n1-c1ccc(OC)cc1C(C)C. The zero-order valence-electron chi connectivity index (χ0n) is 13.5. The Bertz CT molecular complexity index is 817. The Morgan fingerprint density at radius 2 is 2.22 bits per heavy atom. The average molecular weight is 336 g/mol. The van der Waals surface area contributed by atoms with Gasteiger partial charge < -0.3 is 10.1 Å². The lowest BCUT2D eigenvalue weighted by atomic mass is 10.0. The fourth-order valence-corrected chi connectivity index (χ4v) is 2.83. The second-order valence-corrected chi connectivity index (χ2v) is 5.93. The molecule has 0 unspecified atom stereocenters. The van der Waals surface area contributed by atoms with E-state index in [1.54, 1.807) is 26.2 Å². The zero-order valence-corrected chi connectivity index (χ0v) is 14.4. The lowest BCUT2D eigenvalue weighted by molar-refractivity contribution is 0.249. The number of methoxy groups -OCH3 is 1. The van der Waals surface area contributed by atoms with Crippen molar-refractivity contribution in [3.8, 4) is 11.4 Å². The Hall–Kier alpha value is -2.35. The first kappa shape index (κ1) is 17.0. The summed E-state index contributed by atoms with van der Waals surface area (Å²) < 4.78 is 9.29. The smallest absolute Gasteiger partial charge is 0.343 e. The summed E-state index contributed by atoms with van der Waals surface area (Å²) >= 11 is 1.02. The first-order valence-electron chi connectivity index (χ1n) is 7.29. The van der Waals surface area contributed by atoms with Crippen molar-refractivity contribution in [1.82, 2.24) is 14.3 Å². The Labute approximate surface area is 137 Å². The van der Waals surface area contributed by atoms with Gasteiger partial charge in [0, 0.05) is 6.54 Å². The lowest BCUT2D eigenvalue weighted by Crippen LogP contribution is -2.29. The summed E-state index contributed by atoms with van der Waals surface area (Å²) in [6, 6.07) is 4.99. The highest BCUT2D eigenvalue weighted by atomic mass is 32.1. The number of carbonyl (C=O) groups is 1. The van der Waals surface area contributed by atoms with Gasteiger partial charge in [-0.25, -0.2) is 14.2 Å². The molecule has 1 heterocycles. The average Bonchev–Trinajstić information content (AvgIpc) is 2.87. The highest BCUT2D eigenvalue weighted by Gasteiger charge is 2.14. The fourth-order valence-electron chi connectivity index (χ4n) is 2.16. The molecular formula is C15H20N4O3S. The second kappa shape index (κ2) is 7.28. The number of aromatic nitrogens is 2. The topological polar surface area (TPSA) is 88.5 Å². The van der Waals surface area contributed by atoms with E-state index in [0.717, 1.165) is 17.1 Å². The van der Waals surface area contributed by atoms with E-state index in [-0.39, 0.29) is 11.6 Å². The summed E-state index contributed by atoms with van der Waals surface area (Å²) in [5, 5.41) is 2.59. The van der Waals surface area contributed by atoms with Gasteiger partial charge in [0.1, 0.15) is 5.75 Å². The van der Waals surface area contributed by atoms with Crippen molar-refractivity contribution in [2.24, 2.45) is 4.99 Å². The number of H-pyrrole nitrogens is 1. The second-order valence-electron chi connectivity index (χ2n) is 5.15. The molecule has 0 aliphatic carbocycles. The van der Waals surface area contributed by atoms with Gasteiger partial charge in [0.15, 0.2) is 0 Å². The van der Waals surface area contributed by atoms with Crippen molar-refractivity contribution in [2.75, 3.05) is 13.7 Å². The van der Waals surface area contributed by atoms with Gasteiger partial charge in [0.25, 0.3) is 0 Å². The van der Waals surface area contributed by atoms with Crippen molar-refractivity contribution in [3.63, 3.8) is 0 Å². The third-order valence-corrected chi connectivity index (χ3v) is 3.98. The van der Waals surface area contributed by atoms with Crippen LogP contribution in [0.4, 0.5) is 4.79 Å². The minimum absolute atomic E-state index is 0.171. The Balaban J connectivity index is 2.66. The van der Waals surface area contributed by atoms with E-state index in [1.165, 1.54) is 4.57 Å². The summed E-state index contributed by atoms with van der Waals surface area (Å²) in [5.41, 5.74) is 1.29. The first-order valence-corrected chi connectivity index (χ1v) is 8.11. The number of aromatic amines is 1. The van der Waals surface area contributed by atoms with Gasteiger partial charge in [0.2, 0.25) is 4.80 Å². The van der Waals surface area contributed by atoms with Gasteiger partial charge in [-0.2, -0.15) is 4.99 Å². The van der Waals surface area contributed by atoms with Crippen LogP contribution < -0.4 is 20.5 Å². The summed E-state index contributed by atoms with van der Waals surface area (Å²) in [6.07, 6.45) is 0. The van der Waals surface area contributed by atoms with Crippen molar-refractivity contribution < 1.29 is 9.53 Å². The highest BCUT2D eigenvalue weighted by Crippen LogP contribution is 2.26. The molecule has 2 amide bonds. The molecule has 0 bridgehead atoms. The van der Waals surface area contributed by atoms with Gasteiger partial charge in [-0.3, -0.25) is 4.37 Å². The van der Waals surface area contributed by atoms with E-state index in [4.69, 9.17) is 4.74 Å². The summed E-state index contributed by atoms with van der Waals surface area (Å²) in [6.45, 7) is 6.34. The maximum atomic E-state index is 12.2. The minimum Gasteiger partial charge on any atom is -0.497 e. The van der Waals surface area contributed by atoms with Crippen LogP contribution in [-0.2, 0) is 0 Å². The number of carbonyl (C=O) groups excluding carboxylic acids is 1. The minimum atomic E-state index is -0.476. The lowest BCUT2D eigenvalue weighted by Gasteiger charge is -2.14. The number of rotatable bonds is 4. The molecule has 0 aliphatic rings. The van der Waals surface area contributed by atoms with Crippen LogP contribution >= 0.6 is 11.5 Å². The molecule has 23 heavy (non-hydrogen) atoms. The van der Waals surface area contributed by atoms with Crippen LogP contribution in [0.1, 0.15) is 32.3 Å². The van der Waals surface area contributed by atoms with Crippen LogP contribution in [0.3, 0.4) is 0 Å². The van der Waals surface area contributed by atoms with Crippen LogP contribution in [0.25, 0.3) is 5.69 Å².